The highest BCUT2D eigenvalue weighted by atomic mass is 16.5. The largest absolute Gasteiger partial charge is 0.496 e. The van der Waals surface area contributed by atoms with E-state index in [-0.39, 0.29) is 5.91 Å². The fourth-order valence-electron chi connectivity index (χ4n) is 1.95. The van der Waals surface area contributed by atoms with Crippen molar-refractivity contribution in [1.29, 1.82) is 0 Å². The molecule has 4 nitrogen and oxygen atoms in total. The Hall–Kier alpha value is -1.55. The summed E-state index contributed by atoms with van der Waals surface area (Å²) in [7, 11) is 1.58. The Morgan fingerprint density at radius 3 is 2.58 bits per heavy atom. The maximum absolute atomic E-state index is 12.1. The van der Waals surface area contributed by atoms with E-state index in [4.69, 9.17) is 4.74 Å². The summed E-state index contributed by atoms with van der Waals surface area (Å²) in [4.78, 5) is 14.4. The second-order valence-electron chi connectivity index (χ2n) is 4.49. The molecule has 0 aromatic heterocycles. The van der Waals surface area contributed by atoms with Crippen LogP contribution in [0.2, 0.25) is 0 Å². The monoisotopic (exact) mass is 264 g/mol. The zero-order chi connectivity index (χ0) is 14.3. The van der Waals surface area contributed by atoms with Gasteiger partial charge in [0, 0.05) is 13.1 Å². The molecule has 1 aromatic rings. The third-order valence-corrected chi connectivity index (χ3v) is 3.21. The van der Waals surface area contributed by atoms with Crippen molar-refractivity contribution in [1.82, 2.24) is 10.2 Å². The van der Waals surface area contributed by atoms with Crippen molar-refractivity contribution in [2.24, 2.45) is 0 Å². The van der Waals surface area contributed by atoms with Gasteiger partial charge < -0.3 is 15.0 Å². The summed E-state index contributed by atoms with van der Waals surface area (Å²) in [6, 6.07) is 5.60. The summed E-state index contributed by atoms with van der Waals surface area (Å²) in [5.41, 5.74) is 1.67. The van der Waals surface area contributed by atoms with Crippen LogP contribution in [0.15, 0.2) is 18.2 Å². The van der Waals surface area contributed by atoms with Crippen LogP contribution in [0.4, 0.5) is 0 Å². The molecule has 0 spiro atoms. The lowest BCUT2D eigenvalue weighted by Crippen LogP contribution is -2.34. The number of benzene rings is 1. The lowest BCUT2D eigenvalue weighted by molar-refractivity contribution is 0.0946. The van der Waals surface area contributed by atoms with E-state index in [1.54, 1.807) is 13.2 Å². The van der Waals surface area contributed by atoms with Crippen molar-refractivity contribution >= 4 is 5.91 Å². The molecule has 0 atom stereocenters. The second-order valence-corrected chi connectivity index (χ2v) is 4.49. The Balaban J connectivity index is 2.58. The molecule has 0 aliphatic heterocycles. The average Bonchev–Trinajstić information content (AvgIpc) is 2.43. The first-order chi connectivity index (χ1) is 9.12. The van der Waals surface area contributed by atoms with Gasteiger partial charge in [0.1, 0.15) is 5.75 Å². The first-order valence-corrected chi connectivity index (χ1v) is 6.77. The number of hydrogen-bond acceptors (Lipinski definition) is 3. The van der Waals surface area contributed by atoms with E-state index in [0.717, 1.165) is 25.2 Å². The topological polar surface area (TPSA) is 41.6 Å². The summed E-state index contributed by atoms with van der Waals surface area (Å²) in [5, 5.41) is 2.93. The quantitative estimate of drug-likeness (QED) is 0.820. The van der Waals surface area contributed by atoms with Crippen LogP contribution in [0, 0.1) is 6.92 Å². The summed E-state index contributed by atoms with van der Waals surface area (Å²) >= 11 is 0. The van der Waals surface area contributed by atoms with Gasteiger partial charge in [0.25, 0.3) is 5.91 Å². The zero-order valence-electron chi connectivity index (χ0n) is 12.3. The van der Waals surface area contributed by atoms with Crippen LogP contribution in [0.5, 0.6) is 5.75 Å². The number of carbonyl (C=O) groups excluding carboxylic acids is 1. The van der Waals surface area contributed by atoms with Crippen LogP contribution in [0.25, 0.3) is 0 Å². The van der Waals surface area contributed by atoms with Gasteiger partial charge in [-0.1, -0.05) is 19.9 Å². The number of nitrogens with zero attached hydrogens (tertiary/aromatic N) is 1. The van der Waals surface area contributed by atoms with Crippen molar-refractivity contribution in [3.8, 4) is 5.75 Å². The van der Waals surface area contributed by atoms with E-state index >= 15 is 0 Å². The maximum atomic E-state index is 12.1. The van der Waals surface area contributed by atoms with E-state index in [1.165, 1.54) is 0 Å². The summed E-state index contributed by atoms with van der Waals surface area (Å²) in [6.45, 7) is 9.73. The Morgan fingerprint density at radius 1 is 1.32 bits per heavy atom. The third kappa shape index (κ3) is 4.56. The van der Waals surface area contributed by atoms with Crippen molar-refractivity contribution in [2.45, 2.75) is 20.8 Å². The number of carbonyl (C=O) groups is 1. The fourth-order valence-corrected chi connectivity index (χ4v) is 1.95. The molecule has 1 amide bonds. The molecular weight excluding hydrogens is 240 g/mol. The molecule has 1 rings (SSSR count). The standard InChI is InChI=1S/C15H24N2O2/c1-5-17(6-2)10-9-16-15(18)13-8-7-12(3)11-14(13)19-4/h7-8,11H,5-6,9-10H2,1-4H3,(H,16,18). The minimum Gasteiger partial charge on any atom is -0.496 e. The van der Waals surface area contributed by atoms with Gasteiger partial charge in [-0.05, 0) is 37.7 Å². The van der Waals surface area contributed by atoms with Gasteiger partial charge in [-0.15, -0.1) is 0 Å². The molecule has 0 bridgehead atoms. The fraction of sp³-hybridized carbons (Fsp3) is 0.533. The van der Waals surface area contributed by atoms with Crippen LogP contribution >= 0.6 is 0 Å². The minimum atomic E-state index is -0.0796. The first-order valence-electron chi connectivity index (χ1n) is 6.77. The van der Waals surface area contributed by atoms with Gasteiger partial charge in [0.2, 0.25) is 0 Å². The Kier molecular flexibility index (Phi) is 6.36. The molecule has 1 aromatic carbocycles. The summed E-state index contributed by atoms with van der Waals surface area (Å²) in [6.07, 6.45) is 0. The lowest BCUT2D eigenvalue weighted by atomic mass is 10.1. The van der Waals surface area contributed by atoms with Crippen LogP contribution < -0.4 is 10.1 Å². The molecule has 0 unspecified atom stereocenters. The van der Waals surface area contributed by atoms with Crippen LogP contribution in [0.1, 0.15) is 29.8 Å². The third-order valence-electron chi connectivity index (χ3n) is 3.21. The number of amides is 1. The van der Waals surface area contributed by atoms with Crippen LogP contribution in [-0.4, -0.2) is 44.1 Å². The number of likely N-dealkylation sites (N-methyl/N-ethyl adjacent to an activating group) is 1. The molecule has 0 saturated heterocycles. The minimum absolute atomic E-state index is 0.0796. The highest BCUT2D eigenvalue weighted by molar-refractivity contribution is 5.97. The molecular formula is C15H24N2O2. The van der Waals surface area contributed by atoms with Gasteiger partial charge in [0.05, 0.1) is 12.7 Å². The lowest BCUT2D eigenvalue weighted by Gasteiger charge is -2.18. The molecule has 0 aliphatic rings. The summed E-state index contributed by atoms with van der Waals surface area (Å²) < 4.78 is 5.25. The van der Waals surface area contributed by atoms with Gasteiger partial charge in [-0.2, -0.15) is 0 Å². The van der Waals surface area contributed by atoms with Gasteiger partial charge >= 0.3 is 0 Å². The number of nitrogens with one attached hydrogen (secondary N) is 1. The van der Waals surface area contributed by atoms with E-state index in [2.05, 4.69) is 24.1 Å². The Bertz CT molecular complexity index is 415. The molecule has 19 heavy (non-hydrogen) atoms. The van der Waals surface area contributed by atoms with Crippen LogP contribution in [0.3, 0.4) is 0 Å². The summed E-state index contributed by atoms with van der Waals surface area (Å²) in [5.74, 6) is 0.546. The van der Waals surface area contributed by atoms with Crippen molar-refractivity contribution < 1.29 is 9.53 Å². The highest BCUT2D eigenvalue weighted by Gasteiger charge is 2.11. The van der Waals surface area contributed by atoms with Gasteiger partial charge in [-0.3, -0.25) is 4.79 Å². The van der Waals surface area contributed by atoms with Gasteiger partial charge in [0.15, 0.2) is 0 Å². The molecule has 106 valence electrons. The van der Waals surface area contributed by atoms with E-state index in [9.17, 15) is 4.79 Å². The number of hydrogen-bond donors (Lipinski definition) is 1. The van der Waals surface area contributed by atoms with Gasteiger partial charge in [-0.25, -0.2) is 0 Å². The molecule has 0 aliphatic carbocycles. The van der Waals surface area contributed by atoms with Crippen molar-refractivity contribution in [3.05, 3.63) is 29.3 Å². The Morgan fingerprint density at radius 2 is 2.00 bits per heavy atom. The maximum Gasteiger partial charge on any atom is 0.255 e. The normalized spacial score (nSPS) is 10.6. The molecule has 0 heterocycles. The molecule has 4 heteroatoms. The van der Waals surface area contributed by atoms with Crippen molar-refractivity contribution in [3.63, 3.8) is 0 Å². The average molecular weight is 264 g/mol. The number of methoxy groups -OCH3 is 1. The number of rotatable bonds is 7. The van der Waals surface area contributed by atoms with Crippen molar-refractivity contribution in [2.75, 3.05) is 33.3 Å². The molecule has 1 N–H and O–H groups in total. The second kappa shape index (κ2) is 7.79. The first kappa shape index (κ1) is 15.5. The Labute approximate surface area is 115 Å². The molecule has 0 radical (unpaired) electrons. The predicted molar refractivity (Wildman–Crippen MR) is 77.9 cm³/mol. The number of ether oxygens (including phenoxy) is 1. The van der Waals surface area contributed by atoms with Crippen LogP contribution in [-0.2, 0) is 0 Å². The predicted octanol–water partition coefficient (Wildman–Crippen LogP) is 2.08. The van der Waals surface area contributed by atoms with E-state index < -0.39 is 0 Å². The van der Waals surface area contributed by atoms with E-state index in [1.807, 2.05) is 19.1 Å². The number of aryl methyl sites for hydroxylation is 1. The highest BCUT2D eigenvalue weighted by Crippen LogP contribution is 2.19. The smallest absolute Gasteiger partial charge is 0.255 e. The van der Waals surface area contributed by atoms with E-state index in [0.29, 0.717) is 17.9 Å². The molecule has 0 fully saturated rings. The zero-order valence-corrected chi connectivity index (χ0v) is 12.3. The molecule has 0 saturated carbocycles. The SMILES string of the molecule is CCN(CC)CCNC(=O)c1ccc(C)cc1OC.